The number of amides is 2. The molecule has 3 fully saturated rings. The molecule has 172 valence electrons. The second kappa shape index (κ2) is 11.2. The number of aromatic nitrogens is 3. The Hall–Kier alpha value is -2.53. The molecule has 4 rings (SSSR count). The molecular formula is C20H32N6O5. The van der Waals surface area contributed by atoms with Crippen LogP contribution in [0.5, 0.6) is 0 Å². The lowest BCUT2D eigenvalue weighted by atomic mass is 9.84. The molecule has 0 aromatic carbocycles. The van der Waals surface area contributed by atoms with Crippen molar-refractivity contribution in [1.29, 1.82) is 0 Å². The molecule has 4 N–H and O–H groups in total. The Bertz CT molecular complexity index is 724. The zero-order chi connectivity index (χ0) is 22.1. The van der Waals surface area contributed by atoms with Crippen LogP contribution in [0, 0.1) is 5.92 Å². The maximum absolute atomic E-state index is 13.1. The molecule has 3 aliphatic rings. The van der Waals surface area contributed by atoms with Gasteiger partial charge in [0.25, 0.3) is 6.47 Å². The number of H-pyrrole nitrogens is 1. The molecule has 0 saturated carbocycles. The quantitative estimate of drug-likeness (QED) is 0.444. The van der Waals surface area contributed by atoms with Gasteiger partial charge >= 0.3 is 0 Å². The van der Waals surface area contributed by atoms with Crippen LogP contribution in [0.15, 0.2) is 6.20 Å². The average Bonchev–Trinajstić information content (AvgIpc) is 3.42. The van der Waals surface area contributed by atoms with E-state index in [2.05, 4.69) is 30.9 Å². The van der Waals surface area contributed by atoms with Crippen molar-refractivity contribution in [2.75, 3.05) is 32.8 Å². The summed E-state index contributed by atoms with van der Waals surface area (Å²) >= 11 is 0. The largest absolute Gasteiger partial charge is 0.483 e. The molecule has 1 aromatic heterocycles. The molecule has 11 heteroatoms. The molecule has 0 aliphatic carbocycles. The number of hydrogen-bond acceptors (Lipinski definition) is 7. The van der Waals surface area contributed by atoms with Crippen molar-refractivity contribution in [2.45, 2.75) is 56.5 Å². The average molecular weight is 437 g/mol. The van der Waals surface area contributed by atoms with Crippen LogP contribution in [0.25, 0.3) is 0 Å². The minimum absolute atomic E-state index is 0.0368. The number of carbonyl (C=O) groups is 3. The number of aromatic amines is 1. The van der Waals surface area contributed by atoms with Gasteiger partial charge in [0, 0.05) is 44.7 Å². The van der Waals surface area contributed by atoms with E-state index in [0.29, 0.717) is 32.6 Å². The Labute approximate surface area is 181 Å². The van der Waals surface area contributed by atoms with Crippen molar-refractivity contribution in [3.05, 3.63) is 11.9 Å². The molecule has 0 spiro atoms. The van der Waals surface area contributed by atoms with Gasteiger partial charge in [0.15, 0.2) is 0 Å². The molecule has 0 bridgehead atoms. The molecule has 1 aromatic rings. The fourth-order valence-corrected chi connectivity index (χ4v) is 4.87. The lowest BCUT2D eigenvalue weighted by Gasteiger charge is -2.40. The number of nitrogens with zero attached hydrogens (tertiary/aromatic N) is 3. The van der Waals surface area contributed by atoms with E-state index in [9.17, 15) is 9.59 Å². The van der Waals surface area contributed by atoms with E-state index in [0.717, 1.165) is 50.9 Å². The van der Waals surface area contributed by atoms with Crippen molar-refractivity contribution >= 4 is 18.3 Å². The highest BCUT2D eigenvalue weighted by molar-refractivity contribution is 5.87. The number of carboxylic acid groups (broad SMARTS) is 1. The maximum atomic E-state index is 13.1. The summed E-state index contributed by atoms with van der Waals surface area (Å²) in [6.07, 6.45) is 7.61. The number of carbonyl (C=O) groups excluding carboxylic acids is 2. The van der Waals surface area contributed by atoms with E-state index in [4.69, 9.17) is 14.6 Å². The molecule has 3 aliphatic heterocycles. The monoisotopic (exact) mass is 436 g/mol. The van der Waals surface area contributed by atoms with Crippen LogP contribution in [0.4, 0.5) is 0 Å². The summed E-state index contributed by atoms with van der Waals surface area (Å²) in [5, 5.41) is 23.6. The normalized spacial score (nSPS) is 26.3. The van der Waals surface area contributed by atoms with E-state index >= 15 is 0 Å². The fourth-order valence-electron chi connectivity index (χ4n) is 4.87. The lowest BCUT2D eigenvalue weighted by Crippen LogP contribution is -2.57. The number of rotatable bonds is 6. The number of ether oxygens (including phenoxy) is 1. The SMILES string of the molecule is O=C(N[C@@H]1CN2CCCC[C@]2(C(=O)NCCc2cn[nH]n2)C1)C1CCOCC1.O=CO. The van der Waals surface area contributed by atoms with Crippen LogP contribution in [0.1, 0.15) is 44.2 Å². The van der Waals surface area contributed by atoms with E-state index in [1.807, 2.05) is 0 Å². The number of fused-ring (bicyclic) bond motifs is 1. The molecule has 4 heterocycles. The van der Waals surface area contributed by atoms with Gasteiger partial charge in [0.05, 0.1) is 11.9 Å². The number of nitrogens with one attached hydrogen (secondary N) is 3. The zero-order valence-corrected chi connectivity index (χ0v) is 17.7. The first-order chi connectivity index (χ1) is 15.1. The van der Waals surface area contributed by atoms with Gasteiger partial charge in [-0.25, -0.2) is 0 Å². The predicted molar refractivity (Wildman–Crippen MR) is 110 cm³/mol. The second-order valence-corrected chi connectivity index (χ2v) is 8.30. The van der Waals surface area contributed by atoms with Crippen molar-refractivity contribution < 1.29 is 24.2 Å². The zero-order valence-electron chi connectivity index (χ0n) is 17.7. The van der Waals surface area contributed by atoms with E-state index in [-0.39, 0.29) is 30.2 Å². The molecule has 2 amide bonds. The first-order valence-corrected chi connectivity index (χ1v) is 10.9. The highest BCUT2D eigenvalue weighted by Gasteiger charge is 2.52. The Morgan fingerprint density at radius 1 is 1.35 bits per heavy atom. The molecule has 11 nitrogen and oxygen atoms in total. The third-order valence-electron chi connectivity index (χ3n) is 6.39. The van der Waals surface area contributed by atoms with Crippen LogP contribution in [-0.2, 0) is 25.5 Å². The summed E-state index contributed by atoms with van der Waals surface area (Å²) in [7, 11) is 0. The molecule has 3 saturated heterocycles. The second-order valence-electron chi connectivity index (χ2n) is 8.30. The lowest BCUT2D eigenvalue weighted by molar-refractivity contribution is -0.134. The van der Waals surface area contributed by atoms with Gasteiger partial charge in [-0.1, -0.05) is 0 Å². The summed E-state index contributed by atoms with van der Waals surface area (Å²) in [4.78, 5) is 36.4. The molecule has 31 heavy (non-hydrogen) atoms. The highest BCUT2D eigenvalue weighted by Crippen LogP contribution is 2.38. The van der Waals surface area contributed by atoms with Gasteiger partial charge in [0.2, 0.25) is 11.8 Å². The molecule has 0 radical (unpaired) electrons. The van der Waals surface area contributed by atoms with Crippen LogP contribution in [0.3, 0.4) is 0 Å². The van der Waals surface area contributed by atoms with Gasteiger partial charge in [-0.3, -0.25) is 19.3 Å². The number of piperidine rings is 1. The van der Waals surface area contributed by atoms with Crippen LogP contribution < -0.4 is 10.6 Å². The smallest absolute Gasteiger partial charge is 0.290 e. The Morgan fingerprint density at radius 3 is 2.84 bits per heavy atom. The Kier molecular flexibility index (Phi) is 8.35. The Morgan fingerprint density at radius 2 is 2.13 bits per heavy atom. The van der Waals surface area contributed by atoms with Crippen molar-refractivity contribution in [3.63, 3.8) is 0 Å². The first kappa shape index (κ1) is 23.1. The van der Waals surface area contributed by atoms with Gasteiger partial charge in [-0.2, -0.15) is 15.4 Å². The van der Waals surface area contributed by atoms with E-state index in [1.54, 1.807) is 6.20 Å². The summed E-state index contributed by atoms with van der Waals surface area (Å²) in [6.45, 7) is 3.28. The van der Waals surface area contributed by atoms with Crippen molar-refractivity contribution in [3.8, 4) is 0 Å². The molecule has 0 unspecified atom stereocenters. The van der Waals surface area contributed by atoms with Gasteiger partial charge in [-0.05, 0) is 45.1 Å². The summed E-state index contributed by atoms with van der Waals surface area (Å²) in [5.74, 6) is 0.242. The minimum atomic E-state index is -0.490. The summed E-state index contributed by atoms with van der Waals surface area (Å²) in [6, 6.07) is 0.0368. The van der Waals surface area contributed by atoms with E-state index in [1.165, 1.54) is 0 Å². The van der Waals surface area contributed by atoms with Gasteiger partial charge in [0.1, 0.15) is 5.54 Å². The van der Waals surface area contributed by atoms with Crippen LogP contribution >= 0.6 is 0 Å². The fraction of sp³-hybridized carbons (Fsp3) is 0.750. The highest BCUT2D eigenvalue weighted by atomic mass is 16.5. The Balaban J connectivity index is 0.000000858. The third kappa shape index (κ3) is 5.79. The number of hydrogen-bond donors (Lipinski definition) is 4. The summed E-state index contributed by atoms with van der Waals surface area (Å²) < 4.78 is 5.36. The first-order valence-electron chi connectivity index (χ1n) is 10.9. The van der Waals surface area contributed by atoms with Crippen LogP contribution in [0.2, 0.25) is 0 Å². The molecular weight excluding hydrogens is 404 g/mol. The van der Waals surface area contributed by atoms with E-state index < -0.39 is 5.54 Å². The van der Waals surface area contributed by atoms with Crippen molar-refractivity contribution in [2.24, 2.45) is 5.92 Å². The van der Waals surface area contributed by atoms with Crippen LogP contribution in [-0.4, -0.2) is 88.1 Å². The minimum Gasteiger partial charge on any atom is -0.483 e. The van der Waals surface area contributed by atoms with Gasteiger partial charge in [-0.15, -0.1) is 0 Å². The van der Waals surface area contributed by atoms with Gasteiger partial charge < -0.3 is 20.5 Å². The standard InChI is InChI=1S/C19H30N6O3.CH2O2/c26-17(14-4-9-28-10-5-14)22-16-11-19(6-1-2-8-25(19)13-16)18(27)20-7-3-15-12-21-24-23-15;2-1-3/h12,14,16H,1-11,13H2,(H,20,27)(H,22,26)(H,21,23,24);1H,(H,2,3)/t16-,19+;/m0./s1. The topological polar surface area (TPSA) is 150 Å². The maximum Gasteiger partial charge on any atom is 0.290 e. The summed E-state index contributed by atoms with van der Waals surface area (Å²) in [5.41, 5.74) is 0.349. The van der Waals surface area contributed by atoms with Crippen molar-refractivity contribution in [1.82, 2.24) is 30.9 Å². The molecule has 2 atom stereocenters. The third-order valence-corrected chi connectivity index (χ3v) is 6.39. The predicted octanol–water partition coefficient (Wildman–Crippen LogP) is -0.296.